The summed E-state index contributed by atoms with van der Waals surface area (Å²) in [6.45, 7) is 8.16. The fraction of sp³-hybridized carbons (Fsp3) is 0.500. The maximum Gasteiger partial charge on any atom is 0.289 e. The molecular formula is C14H22ClN3O2. The van der Waals surface area contributed by atoms with Gasteiger partial charge in [0.1, 0.15) is 5.56 Å². The van der Waals surface area contributed by atoms with Crippen molar-refractivity contribution in [2.45, 2.75) is 46.3 Å². The van der Waals surface area contributed by atoms with Crippen molar-refractivity contribution in [3.8, 4) is 0 Å². The second-order valence-electron chi connectivity index (χ2n) is 5.12. The maximum absolute atomic E-state index is 12.3. The molecule has 0 aromatic carbocycles. The lowest BCUT2D eigenvalue weighted by Gasteiger charge is -2.29. The highest BCUT2D eigenvalue weighted by atomic mass is 35.5. The number of hydrogen-bond donors (Lipinski definition) is 1. The van der Waals surface area contributed by atoms with Crippen LogP contribution in [-0.2, 0) is 11.3 Å². The van der Waals surface area contributed by atoms with Crippen molar-refractivity contribution in [3.05, 3.63) is 30.1 Å². The summed E-state index contributed by atoms with van der Waals surface area (Å²) in [4.78, 5) is 25.2. The van der Waals surface area contributed by atoms with E-state index >= 15 is 0 Å². The largest absolute Gasteiger partial charge is 1.00 e. The summed E-state index contributed by atoms with van der Waals surface area (Å²) >= 11 is 0. The van der Waals surface area contributed by atoms with Crippen LogP contribution in [0.25, 0.3) is 0 Å². The first-order valence-electron chi connectivity index (χ1n) is 6.43. The van der Waals surface area contributed by atoms with Gasteiger partial charge < -0.3 is 23.0 Å². The highest BCUT2D eigenvalue weighted by Gasteiger charge is 2.23. The number of nitrogens with two attached hydrogens (primary N) is 1. The standard InChI is InChI=1S/C14H21N3O2.ClH/c1-10(2)17(11(3)4)13(18)9-16-7-5-6-12(8-16)14(15)19;/h5-8,10-11H,9H2,1-4H3,(H-,15,19);1H. The molecular weight excluding hydrogens is 278 g/mol. The number of amides is 2. The van der Waals surface area contributed by atoms with Crippen molar-refractivity contribution < 1.29 is 26.6 Å². The van der Waals surface area contributed by atoms with E-state index in [-0.39, 0.29) is 36.9 Å². The van der Waals surface area contributed by atoms with Gasteiger partial charge in [0.2, 0.25) is 6.54 Å². The number of primary amides is 1. The number of rotatable bonds is 5. The molecule has 5 nitrogen and oxygen atoms in total. The molecule has 0 aliphatic heterocycles. The van der Waals surface area contributed by atoms with Gasteiger partial charge in [0, 0.05) is 18.2 Å². The smallest absolute Gasteiger partial charge is 0.289 e. The molecule has 0 aliphatic carbocycles. The first-order valence-corrected chi connectivity index (χ1v) is 6.43. The van der Waals surface area contributed by atoms with Gasteiger partial charge >= 0.3 is 0 Å². The van der Waals surface area contributed by atoms with Crippen molar-refractivity contribution in [2.24, 2.45) is 5.73 Å². The third kappa shape index (κ3) is 4.81. The van der Waals surface area contributed by atoms with Crippen molar-refractivity contribution >= 4 is 11.8 Å². The zero-order valence-electron chi connectivity index (χ0n) is 12.3. The van der Waals surface area contributed by atoms with Gasteiger partial charge in [-0.25, -0.2) is 0 Å². The van der Waals surface area contributed by atoms with Crippen molar-refractivity contribution in [2.75, 3.05) is 0 Å². The van der Waals surface area contributed by atoms with E-state index in [0.717, 1.165) is 0 Å². The van der Waals surface area contributed by atoms with Gasteiger partial charge in [-0.3, -0.25) is 9.59 Å². The Morgan fingerprint density at radius 1 is 1.25 bits per heavy atom. The van der Waals surface area contributed by atoms with E-state index in [0.29, 0.717) is 5.56 Å². The quantitative estimate of drug-likeness (QED) is 0.623. The van der Waals surface area contributed by atoms with E-state index in [2.05, 4.69) is 0 Å². The molecule has 0 unspecified atom stereocenters. The van der Waals surface area contributed by atoms with Gasteiger partial charge in [0.15, 0.2) is 12.4 Å². The summed E-state index contributed by atoms with van der Waals surface area (Å²) in [7, 11) is 0. The van der Waals surface area contributed by atoms with Crippen LogP contribution in [0.15, 0.2) is 24.5 Å². The van der Waals surface area contributed by atoms with Crippen molar-refractivity contribution in [1.29, 1.82) is 0 Å². The lowest BCUT2D eigenvalue weighted by atomic mass is 10.2. The Morgan fingerprint density at radius 2 is 1.80 bits per heavy atom. The molecule has 112 valence electrons. The number of hydrogen-bond acceptors (Lipinski definition) is 2. The molecule has 0 saturated carbocycles. The van der Waals surface area contributed by atoms with Crippen LogP contribution < -0.4 is 22.7 Å². The lowest BCUT2D eigenvalue weighted by molar-refractivity contribution is -0.685. The highest BCUT2D eigenvalue weighted by Crippen LogP contribution is 2.05. The highest BCUT2D eigenvalue weighted by molar-refractivity contribution is 5.92. The Hall–Kier alpha value is -1.62. The first kappa shape index (κ1) is 18.4. The SMILES string of the molecule is CC(C)N(C(=O)C[n+]1cccc(C(N)=O)c1)C(C)C.[Cl-]. The van der Waals surface area contributed by atoms with Crippen LogP contribution in [0.5, 0.6) is 0 Å². The summed E-state index contributed by atoms with van der Waals surface area (Å²) in [5.74, 6) is -0.469. The molecule has 0 fully saturated rings. The molecule has 0 atom stereocenters. The Morgan fingerprint density at radius 3 is 2.25 bits per heavy atom. The van der Waals surface area contributed by atoms with E-state index in [4.69, 9.17) is 5.73 Å². The molecule has 0 spiro atoms. The van der Waals surface area contributed by atoms with Gasteiger partial charge in [0.05, 0.1) is 0 Å². The summed E-state index contributed by atoms with van der Waals surface area (Å²) in [6.07, 6.45) is 3.35. The minimum Gasteiger partial charge on any atom is -1.00 e. The molecule has 0 saturated heterocycles. The minimum atomic E-state index is -0.494. The zero-order chi connectivity index (χ0) is 14.6. The fourth-order valence-corrected chi connectivity index (χ4v) is 2.18. The van der Waals surface area contributed by atoms with Gasteiger partial charge in [-0.15, -0.1) is 0 Å². The maximum atomic E-state index is 12.3. The average Bonchev–Trinajstić information content (AvgIpc) is 2.27. The topological polar surface area (TPSA) is 67.3 Å². The van der Waals surface area contributed by atoms with Crippen LogP contribution in [0.3, 0.4) is 0 Å². The van der Waals surface area contributed by atoms with Crippen molar-refractivity contribution in [3.63, 3.8) is 0 Å². The van der Waals surface area contributed by atoms with Crippen LogP contribution in [0.4, 0.5) is 0 Å². The molecule has 2 N–H and O–H groups in total. The van der Waals surface area contributed by atoms with Crippen LogP contribution in [-0.4, -0.2) is 28.8 Å². The van der Waals surface area contributed by atoms with Crippen LogP contribution in [0.1, 0.15) is 38.1 Å². The fourth-order valence-electron chi connectivity index (χ4n) is 2.18. The van der Waals surface area contributed by atoms with Crippen LogP contribution >= 0.6 is 0 Å². The molecule has 1 aromatic rings. The second-order valence-corrected chi connectivity index (χ2v) is 5.12. The monoisotopic (exact) mass is 299 g/mol. The summed E-state index contributed by atoms with van der Waals surface area (Å²) < 4.78 is 1.68. The number of halogens is 1. The third-order valence-electron chi connectivity index (χ3n) is 2.86. The number of carbonyl (C=O) groups excluding carboxylic acids is 2. The summed E-state index contributed by atoms with van der Waals surface area (Å²) in [5.41, 5.74) is 5.62. The summed E-state index contributed by atoms with van der Waals surface area (Å²) in [5, 5.41) is 0. The Bertz CT molecular complexity index is 467. The molecule has 6 heteroatoms. The van der Waals surface area contributed by atoms with Crippen molar-refractivity contribution in [1.82, 2.24) is 4.90 Å². The number of nitrogens with zero attached hydrogens (tertiary/aromatic N) is 2. The normalized spacial score (nSPS) is 10.3. The van der Waals surface area contributed by atoms with E-state index in [9.17, 15) is 9.59 Å². The Kier molecular flexibility index (Phi) is 7.21. The number of pyridine rings is 1. The molecule has 1 aromatic heterocycles. The number of aromatic nitrogens is 1. The second kappa shape index (κ2) is 7.85. The number of carbonyl (C=O) groups is 2. The summed E-state index contributed by atoms with van der Waals surface area (Å²) in [6, 6.07) is 3.63. The van der Waals surface area contributed by atoms with Gasteiger partial charge in [0.25, 0.3) is 11.8 Å². The molecule has 2 amide bonds. The predicted octanol–water partition coefficient (Wildman–Crippen LogP) is -2.28. The van der Waals surface area contributed by atoms with E-state index < -0.39 is 5.91 Å². The van der Waals surface area contributed by atoms with Crippen LogP contribution in [0.2, 0.25) is 0 Å². The molecule has 20 heavy (non-hydrogen) atoms. The molecule has 0 aliphatic rings. The molecule has 1 heterocycles. The molecule has 1 rings (SSSR count). The van der Waals surface area contributed by atoms with E-state index in [1.807, 2.05) is 32.6 Å². The Balaban J connectivity index is 0.00000361. The van der Waals surface area contributed by atoms with E-state index in [1.165, 1.54) is 0 Å². The van der Waals surface area contributed by atoms with Gasteiger partial charge in [-0.05, 0) is 33.8 Å². The predicted molar refractivity (Wildman–Crippen MR) is 72.3 cm³/mol. The average molecular weight is 300 g/mol. The Labute approximate surface area is 126 Å². The van der Waals surface area contributed by atoms with Gasteiger partial charge in [-0.2, -0.15) is 4.57 Å². The zero-order valence-corrected chi connectivity index (χ0v) is 13.1. The molecule has 0 radical (unpaired) electrons. The minimum absolute atomic E-state index is 0. The van der Waals surface area contributed by atoms with Crippen LogP contribution in [0, 0.1) is 0 Å². The van der Waals surface area contributed by atoms with E-state index in [1.54, 1.807) is 29.1 Å². The lowest BCUT2D eigenvalue weighted by Crippen LogP contribution is -3.00. The third-order valence-corrected chi connectivity index (χ3v) is 2.86. The first-order chi connectivity index (χ1) is 8.82. The molecule has 0 bridgehead atoms. The van der Waals surface area contributed by atoms with Gasteiger partial charge in [-0.1, -0.05) is 0 Å².